The molecule has 1 atom stereocenters. The predicted octanol–water partition coefficient (Wildman–Crippen LogP) is 5.47. The van der Waals surface area contributed by atoms with Crippen molar-refractivity contribution < 1.29 is 14.0 Å². The van der Waals surface area contributed by atoms with Gasteiger partial charge in [-0.1, -0.05) is 24.3 Å². The number of Topliss-reactive ketones (excluding diaryl/α,β-unsaturated/α-hetero) is 1. The smallest absolute Gasteiger partial charge is 0.295 e. The van der Waals surface area contributed by atoms with Gasteiger partial charge in [0.1, 0.15) is 5.58 Å². The van der Waals surface area contributed by atoms with Crippen LogP contribution in [0.4, 0.5) is 5.69 Å². The van der Waals surface area contributed by atoms with Crippen LogP contribution in [0.1, 0.15) is 45.0 Å². The van der Waals surface area contributed by atoms with Crippen molar-refractivity contribution in [1.82, 2.24) is 0 Å². The predicted molar refractivity (Wildman–Crippen MR) is 126 cm³/mol. The van der Waals surface area contributed by atoms with E-state index in [1.807, 2.05) is 30.5 Å². The van der Waals surface area contributed by atoms with Crippen LogP contribution < -0.4 is 10.3 Å². The van der Waals surface area contributed by atoms with Crippen molar-refractivity contribution >= 4 is 40.1 Å². The molecule has 1 aromatic heterocycles. The van der Waals surface area contributed by atoms with Gasteiger partial charge in [0.2, 0.25) is 5.76 Å². The summed E-state index contributed by atoms with van der Waals surface area (Å²) in [5, 5.41) is 0.443. The van der Waals surface area contributed by atoms with Crippen molar-refractivity contribution in [3.63, 3.8) is 0 Å². The van der Waals surface area contributed by atoms with Gasteiger partial charge in [0, 0.05) is 16.1 Å². The molecule has 6 heteroatoms. The van der Waals surface area contributed by atoms with Gasteiger partial charge in [0.15, 0.2) is 11.2 Å². The molecule has 5 rings (SSSR count). The fourth-order valence-corrected chi connectivity index (χ4v) is 4.55. The quantitative estimate of drug-likeness (QED) is 0.310. The van der Waals surface area contributed by atoms with E-state index < -0.39 is 6.04 Å². The summed E-state index contributed by atoms with van der Waals surface area (Å²) in [6.07, 6.45) is 1.99. The van der Waals surface area contributed by atoms with Gasteiger partial charge in [-0.3, -0.25) is 19.3 Å². The molecule has 3 aromatic carbocycles. The summed E-state index contributed by atoms with van der Waals surface area (Å²) in [5.74, 6) is -0.374. The van der Waals surface area contributed by atoms with Gasteiger partial charge in [-0.2, -0.15) is 0 Å². The molecule has 1 aliphatic rings. The molecule has 0 N–H and O–H groups in total. The van der Waals surface area contributed by atoms with E-state index in [1.54, 1.807) is 65.2 Å². The Hall–Kier alpha value is -3.64. The molecule has 0 aliphatic carbocycles. The lowest BCUT2D eigenvalue weighted by molar-refractivity contribution is 0.0970. The van der Waals surface area contributed by atoms with Crippen molar-refractivity contribution in [2.24, 2.45) is 0 Å². The van der Waals surface area contributed by atoms with Gasteiger partial charge in [-0.05, 0) is 67.3 Å². The Balaban J connectivity index is 1.75. The van der Waals surface area contributed by atoms with E-state index in [2.05, 4.69) is 0 Å². The van der Waals surface area contributed by atoms with E-state index in [0.29, 0.717) is 27.8 Å². The van der Waals surface area contributed by atoms with Crippen molar-refractivity contribution in [3.8, 4) is 0 Å². The summed E-state index contributed by atoms with van der Waals surface area (Å²) in [7, 11) is 0. The van der Waals surface area contributed by atoms with Crippen molar-refractivity contribution in [2.75, 3.05) is 11.2 Å². The first kappa shape index (κ1) is 20.3. The van der Waals surface area contributed by atoms with Crippen molar-refractivity contribution in [3.05, 3.63) is 105 Å². The molecule has 0 saturated carbocycles. The topological polar surface area (TPSA) is 67.6 Å². The molecule has 0 bridgehead atoms. The minimum Gasteiger partial charge on any atom is -0.450 e. The monoisotopic (exact) mass is 441 g/mol. The highest BCUT2D eigenvalue weighted by Crippen LogP contribution is 2.41. The normalized spacial score (nSPS) is 15.2. The van der Waals surface area contributed by atoms with Crippen LogP contribution in [0.3, 0.4) is 0 Å². The minimum absolute atomic E-state index is 0.0557. The second-order valence-electron chi connectivity index (χ2n) is 7.62. The molecule has 32 heavy (non-hydrogen) atoms. The molecule has 0 saturated heterocycles. The highest BCUT2D eigenvalue weighted by Gasteiger charge is 2.43. The van der Waals surface area contributed by atoms with E-state index in [4.69, 9.17) is 4.42 Å². The van der Waals surface area contributed by atoms with Crippen LogP contribution in [0, 0.1) is 0 Å². The van der Waals surface area contributed by atoms with Crippen LogP contribution in [-0.4, -0.2) is 17.9 Å². The molecule has 2 heterocycles. The molecule has 158 valence electrons. The number of thioether (sulfide) groups is 1. The summed E-state index contributed by atoms with van der Waals surface area (Å²) in [6.45, 7) is 1.50. The Morgan fingerprint density at radius 2 is 1.62 bits per heavy atom. The number of carbonyl (C=O) groups is 2. The zero-order valence-corrected chi connectivity index (χ0v) is 18.3. The lowest BCUT2D eigenvalue weighted by Crippen LogP contribution is -2.29. The van der Waals surface area contributed by atoms with Gasteiger partial charge >= 0.3 is 0 Å². The van der Waals surface area contributed by atoms with Gasteiger partial charge in [-0.25, -0.2) is 0 Å². The molecule has 1 amide bonds. The molecule has 4 aromatic rings. The van der Waals surface area contributed by atoms with Crippen LogP contribution in [0.2, 0.25) is 0 Å². The summed E-state index contributed by atoms with van der Waals surface area (Å²) < 4.78 is 5.96. The van der Waals surface area contributed by atoms with Crippen LogP contribution >= 0.6 is 11.8 Å². The zero-order chi connectivity index (χ0) is 22.4. The Morgan fingerprint density at radius 3 is 2.28 bits per heavy atom. The second-order valence-corrected chi connectivity index (χ2v) is 8.50. The molecular weight excluding hydrogens is 422 g/mol. The van der Waals surface area contributed by atoms with E-state index >= 15 is 0 Å². The number of nitrogens with zero attached hydrogens (tertiary/aromatic N) is 1. The van der Waals surface area contributed by atoms with E-state index in [1.165, 1.54) is 6.92 Å². The maximum Gasteiger partial charge on any atom is 0.295 e. The first-order valence-corrected chi connectivity index (χ1v) is 11.4. The lowest BCUT2D eigenvalue weighted by atomic mass is 9.98. The standard InChI is InChI=1S/C26H19NO4S/c1-15(28)16-7-11-18(12-8-16)27-23(17-9-13-19(32-2)14-10-17)22-24(29)20-5-3-4-6-21(20)31-25(22)26(27)30/h3-14,23H,1-2H3. The number of hydrogen-bond acceptors (Lipinski definition) is 5. The van der Waals surface area contributed by atoms with E-state index in [9.17, 15) is 14.4 Å². The number of benzene rings is 3. The Morgan fingerprint density at radius 1 is 0.938 bits per heavy atom. The molecule has 0 spiro atoms. The average molecular weight is 442 g/mol. The molecule has 5 nitrogen and oxygen atoms in total. The van der Waals surface area contributed by atoms with Gasteiger partial charge < -0.3 is 4.42 Å². The highest BCUT2D eigenvalue weighted by molar-refractivity contribution is 7.98. The summed E-state index contributed by atoms with van der Waals surface area (Å²) >= 11 is 1.62. The lowest BCUT2D eigenvalue weighted by Gasteiger charge is -2.25. The second kappa shape index (κ2) is 7.80. The number of ketones is 1. The summed E-state index contributed by atoms with van der Waals surface area (Å²) in [6, 6.07) is 21.0. The van der Waals surface area contributed by atoms with Gasteiger partial charge in [0.25, 0.3) is 5.91 Å². The maximum atomic E-state index is 13.5. The SMILES string of the molecule is CSc1ccc(C2c3c(oc4ccccc4c3=O)C(=O)N2c2ccc(C(C)=O)cc2)cc1. The van der Waals surface area contributed by atoms with Gasteiger partial charge in [-0.15, -0.1) is 11.8 Å². The molecule has 1 unspecified atom stereocenters. The Labute approximate surface area is 188 Å². The molecular formula is C26H19NO4S. The van der Waals surface area contributed by atoms with E-state index in [0.717, 1.165) is 10.5 Å². The zero-order valence-electron chi connectivity index (χ0n) is 17.5. The molecule has 1 aliphatic heterocycles. The number of carbonyl (C=O) groups excluding carboxylic acids is 2. The minimum atomic E-state index is -0.627. The van der Waals surface area contributed by atoms with Gasteiger partial charge in [0.05, 0.1) is 17.0 Å². The number of rotatable bonds is 4. The highest BCUT2D eigenvalue weighted by atomic mass is 32.2. The number of hydrogen-bond donors (Lipinski definition) is 0. The summed E-state index contributed by atoms with van der Waals surface area (Å²) in [4.78, 5) is 41.4. The van der Waals surface area contributed by atoms with Crippen LogP contribution in [0.15, 0.2) is 86.9 Å². The third-order valence-electron chi connectivity index (χ3n) is 5.76. The van der Waals surface area contributed by atoms with Crippen LogP contribution in [-0.2, 0) is 0 Å². The third kappa shape index (κ3) is 3.15. The number of para-hydroxylation sites is 1. The van der Waals surface area contributed by atoms with Crippen LogP contribution in [0.5, 0.6) is 0 Å². The number of fused-ring (bicyclic) bond motifs is 2. The van der Waals surface area contributed by atoms with Crippen molar-refractivity contribution in [1.29, 1.82) is 0 Å². The largest absolute Gasteiger partial charge is 0.450 e. The molecule has 0 fully saturated rings. The third-order valence-corrected chi connectivity index (χ3v) is 6.50. The van der Waals surface area contributed by atoms with Crippen molar-refractivity contribution in [2.45, 2.75) is 17.9 Å². The maximum absolute atomic E-state index is 13.5. The van der Waals surface area contributed by atoms with E-state index in [-0.39, 0.29) is 22.9 Å². The Bertz CT molecular complexity index is 1420. The first-order valence-electron chi connectivity index (χ1n) is 10.1. The number of anilines is 1. The summed E-state index contributed by atoms with van der Waals surface area (Å²) in [5.41, 5.74) is 2.47. The number of amides is 1. The fraction of sp³-hybridized carbons (Fsp3) is 0.115. The Kier molecular flexibility index (Phi) is 4.94. The average Bonchev–Trinajstić information content (AvgIpc) is 3.12. The molecule has 0 radical (unpaired) electrons. The fourth-order valence-electron chi connectivity index (χ4n) is 4.14. The first-order chi connectivity index (χ1) is 15.5. The van der Waals surface area contributed by atoms with Crippen LogP contribution in [0.25, 0.3) is 11.0 Å².